The second-order valence-corrected chi connectivity index (χ2v) is 3.89. The minimum atomic E-state index is -1.70. The van der Waals surface area contributed by atoms with Gasteiger partial charge in [0.1, 0.15) is 10.8 Å². The molecule has 0 radical (unpaired) electrons. The highest BCUT2D eigenvalue weighted by Gasteiger charge is 2.05. The van der Waals surface area contributed by atoms with Gasteiger partial charge in [0.05, 0.1) is 0 Å². The summed E-state index contributed by atoms with van der Waals surface area (Å²) in [6, 6.07) is 6.85. The van der Waals surface area contributed by atoms with Crippen molar-refractivity contribution >= 4 is 10.8 Å². The van der Waals surface area contributed by atoms with E-state index >= 15 is 0 Å². The van der Waals surface area contributed by atoms with Gasteiger partial charge in [-0.2, -0.15) is 4.39 Å². The van der Waals surface area contributed by atoms with Gasteiger partial charge in [-0.15, -0.1) is 0 Å². The van der Waals surface area contributed by atoms with E-state index in [1.54, 1.807) is 24.3 Å². The van der Waals surface area contributed by atoms with E-state index in [-0.39, 0.29) is 0 Å². The van der Waals surface area contributed by atoms with E-state index in [4.69, 9.17) is 0 Å². The molecule has 1 atom stereocenters. The predicted octanol–water partition coefficient (Wildman–Crippen LogP) is 2.54. The lowest BCUT2D eigenvalue weighted by molar-refractivity contribution is 0.652. The van der Waals surface area contributed by atoms with E-state index in [0.29, 0.717) is 4.90 Å². The van der Waals surface area contributed by atoms with Gasteiger partial charge in [0.15, 0.2) is 5.16 Å². The zero-order valence-corrected chi connectivity index (χ0v) is 7.53. The molecule has 1 nitrogen and oxygen atoms in total. The van der Waals surface area contributed by atoms with Crippen molar-refractivity contribution in [3.05, 3.63) is 41.6 Å². The molecule has 12 heavy (non-hydrogen) atoms. The van der Waals surface area contributed by atoms with Gasteiger partial charge in [-0.3, -0.25) is 0 Å². The highest BCUT2D eigenvalue weighted by Crippen LogP contribution is 2.14. The van der Waals surface area contributed by atoms with Crippen molar-refractivity contribution in [2.24, 2.45) is 0 Å². The second kappa shape index (κ2) is 3.63. The fourth-order valence-corrected chi connectivity index (χ4v) is 1.43. The van der Waals surface area contributed by atoms with E-state index in [1.165, 1.54) is 0 Å². The van der Waals surface area contributed by atoms with Gasteiger partial charge >= 0.3 is 0 Å². The van der Waals surface area contributed by atoms with E-state index < -0.39 is 16.0 Å². The molecule has 0 aliphatic carbocycles. The maximum atomic E-state index is 12.4. The Morgan fingerprint density at radius 2 is 1.92 bits per heavy atom. The van der Waals surface area contributed by atoms with Gasteiger partial charge in [-0.05, 0) is 19.1 Å². The molecule has 0 bridgehead atoms. The third kappa shape index (κ3) is 2.01. The summed E-state index contributed by atoms with van der Waals surface area (Å²) in [6.45, 7) is 4.90. The molecular formula is C9H9FOS. The van der Waals surface area contributed by atoms with Crippen LogP contribution in [-0.2, 0) is 10.8 Å². The fraction of sp³-hybridized carbons (Fsp3) is 0.111. The number of aryl methyl sites for hydroxylation is 1. The van der Waals surface area contributed by atoms with E-state index in [1.807, 2.05) is 6.92 Å². The van der Waals surface area contributed by atoms with Crippen LogP contribution >= 0.6 is 0 Å². The van der Waals surface area contributed by atoms with Gasteiger partial charge in [-0.1, -0.05) is 24.3 Å². The van der Waals surface area contributed by atoms with Gasteiger partial charge in [0.25, 0.3) is 0 Å². The highest BCUT2D eigenvalue weighted by molar-refractivity contribution is 7.88. The molecule has 0 saturated carbocycles. The van der Waals surface area contributed by atoms with Crippen molar-refractivity contribution in [1.29, 1.82) is 0 Å². The maximum absolute atomic E-state index is 12.4. The summed E-state index contributed by atoms with van der Waals surface area (Å²) in [5.41, 5.74) is 1.06. The lowest BCUT2D eigenvalue weighted by Gasteiger charge is -1.97. The van der Waals surface area contributed by atoms with Crippen molar-refractivity contribution in [3.8, 4) is 0 Å². The van der Waals surface area contributed by atoms with Gasteiger partial charge < -0.3 is 0 Å². The first-order valence-electron chi connectivity index (χ1n) is 3.44. The van der Waals surface area contributed by atoms with Crippen LogP contribution in [0.25, 0.3) is 0 Å². The highest BCUT2D eigenvalue weighted by atomic mass is 32.2. The minimum Gasteiger partial charge on any atom is -0.247 e. The van der Waals surface area contributed by atoms with Crippen LogP contribution in [-0.4, -0.2) is 4.21 Å². The van der Waals surface area contributed by atoms with Crippen LogP contribution in [0.3, 0.4) is 0 Å². The van der Waals surface area contributed by atoms with Crippen molar-refractivity contribution in [2.75, 3.05) is 0 Å². The lowest BCUT2D eigenvalue weighted by Crippen LogP contribution is -1.89. The molecule has 0 aromatic heterocycles. The first kappa shape index (κ1) is 9.13. The molecule has 64 valence electrons. The van der Waals surface area contributed by atoms with Crippen molar-refractivity contribution in [1.82, 2.24) is 0 Å². The molecule has 1 aromatic carbocycles. The monoisotopic (exact) mass is 184 g/mol. The smallest absolute Gasteiger partial charge is 0.184 e. The van der Waals surface area contributed by atoms with E-state index in [2.05, 4.69) is 6.58 Å². The Hall–Kier alpha value is -0.960. The van der Waals surface area contributed by atoms with Crippen LogP contribution in [0, 0.1) is 6.92 Å². The van der Waals surface area contributed by atoms with Gasteiger partial charge in [0, 0.05) is 4.90 Å². The summed E-state index contributed by atoms with van der Waals surface area (Å²) in [7, 11) is -1.70. The summed E-state index contributed by atoms with van der Waals surface area (Å²) >= 11 is 0. The number of hydrogen-bond donors (Lipinski definition) is 0. The second-order valence-electron chi connectivity index (χ2n) is 2.44. The molecule has 0 fully saturated rings. The molecule has 1 rings (SSSR count). The zero-order valence-electron chi connectivity index (χ0n) is 6.71. The topological polar surface area (TPSA) is 17.1 Å². The van der Waals surface area contributed by atoms with E-state index in [9.17, 15) is 8.60 Å². The average molecular weight is 184 g/mol. The van der Waals surface area contributed by atoms with Crippen LogP contribution < -0.4 is 0 Å². The van der Waals surface area contributed by atoms with Crippen LogP contribution in [0.2, 0.25) is 0 Å². The number of halogens is 1. The molecule has 1 aromatic rings. The third-order valence-corrected chi connectivity index (χ3v) is 2.54. The Morgan fingerprint density at radius 1 is 1.42 bits per heavy atom. The molecular weight excluding hydrogens is 175 g/mol. The molecule has 0 aliphatic rings. The number of benzene rings is 1. The molecule has 0 amide bonds. The molecule has 0 saturated heterocycles. The lowest BCUT2D eigenvalue weighted by atomic mass is 10.2. The van der Waals surface area contributed by atoms with Crippen LogP contribution in [0.1, 0.15) is 5.56 Å². The van der Waals surface area contributed by atoms with Crippen LogP contribution in [0.15, 0.2) is 40.9 Å². The van der Waals surface area contributed by atoms with Crippen molar-refractivity contribution in [3.63, 3.8) is 0 Å². The molecule has 0 N–H and O–H groups in total. The van der Waals surface area contributed by atoms with E-state index in [0.717, 1.165) is 5.56 Å². The van der Waals surface area contributed by atoms with Crippen molar-refractivity contribution in [2.45, 2.75) is 11.8 Å². The summed E-state index contributed by atoms with van der Waals surface area (Å²) in [5.74, 6) is 0. The number of rotatable bonds is 2. The maximum Gasteiger partial charge on any atom is 0.184 e. The zero-order chi connectivity index (χ0) is 9.14. The number of hydrogen-bond acceptors (Lipinski definition) is 1. The largest absolute Gasteiger partial charge is 0.247 e. The predicted molar refractivity (Wildman–Crippen MR) is 47.8 cm³/mol. The molecule has 0 spiro atoms. The van der Waals surface area contributed by atoms with Gasteiger partial charge in [-0.25, -0.2) is 4.21 Å². The quantitative estimate of drug-likeness (QED) is 0.690. The van der Waals surface area contributed by atoms with Crippen LogP contribution in [0.5, 0.6) is 0 Å². The summed E-state index contributed by atoms with van der Waals surface area (Å²) in [5, 5.41) is -0.807. The normalized spacial score (nSPS) is 12.5. The SMILES string of the molecule is C=C(F)[S@@](=O)c1ccc(C)cc1. The minimum absolute atomic E-state index is 0.452. The average Bonchev–Trinajstić information content (AvgIpc) is 2.04. The molecule has 0 heterocycles. The Bertz CT molecular complexity index is 316. The summed E-state index contributed by atoms with van der Waals surface area (Å²) in [6.07, 6.45) is 0. The fourth-order valence-electron chi connectivity index (χ4n) is 0.790. The third-order valence-electron chi connectivity index (χ3n) is 1.44. The van der Waals surface area contributed by atoms with Crippen molar-refractivity contribution < 1.29 is 8.60 Å². The summed E-state index contributed by atoms with van der Waals surface area (Å²) < 4.78 is 23.5. The Balaban J connectivity index is 2.98. The summed E-state index contributed by atoms with van der Waals surface area (Å²) in [4.78, 5) is 0.452. The standard InChI is InChI=1S/C9H9FOS/c1-7-3-5-9(6-4-7)12(11)8(2)10/h3-6H,2H2,1H3/t12-/m1/s1. The molecule has 0 aliphatic heterocycles. The Kier molecular flexibility index (Phi) is 2.76. The van der Waals surface area contributed by atoms with Crippen LogP contribution in [0.4, 0.5) is 4.39 Å². The molecule has 0 unspecified atom stereocenters. The first-order chi connectivity index (χ1) is 5.61. The Labute approximate surface area is 73.4 Å². The Morgan fingerprint density at radius 3 is 2.33 bits per heavy atom. The molecule has 3 heteroatoms. The van der Waals surface area contributed by atoms with Gasteiger partial charge in [0.2, 0.25) is 0 Å². The first-order valence-corrected chi connectivity index (χ1v) is 4.59.